The Hall–Kier alpha value is -2.06. The average Bonchev–Trinajstić information content (AvgIpc) is 2.78. The van der Waals surface area contributed by atoms with Crippen molar-refractivity contribution in [3.63, 3.8) is 0 Å². The number of benzene rings is 1. The number of aromatic nitrogens is 1. The Morgan fingerprint density at radius 3 is 2.75 bits per heavy atom. The number of hydrogen-bond donors (Lipinski definition) is 3. The first-order valence-electron chi connectivity index (χ1n) is 9.25. The highest BCUT2D eigenvalue weighted by molar-refractivity contribution is 6.32. The molecule has 1 aliphatic rings. The topological polar surface area (TPSA) is 107 Å². The van der Waals surface area contributed by atoms with Gasteiger partial charge in [-0.2, -0.15) is 0 Å². The first kappa shape index (κ1) is 20.7. The van der Waals surface area contributed by atoms with E-state index in [4.69, 9.17) is 26.8 Å². The maximum absolute atomic E-state index is 12.4. The molecule has 7 nitrogen and oxygen atoms in total. The molecular formula is C20H25ClN2O5. The summed E-state index contributed by atoms with van der Waals surface area (Å²) in [5.74, 6) is 1.23. The van der Waals surface area contributed by atoms with Crippen molar-refractivity contribution >= 4 is 11.6 Å². The van der Waals surface area contributed by atoms with Crippen LogP contribution in [-0.4, -0.2) is 34.5 Å². The lowest BCUT2D eigenvalue weighted by molar-refractivity contribution is -0.0438. The molecule has 4 N–H and O–H groups in total. The lowest BCUT2D eigenvalue weighted by atomic mass is 10.0. The Labute approximate surface area is 168 Å². The highest BCUT2D eigenvalue weighted by Gasteiger charge is 2.27. The van der Waals surface area contributed by atoms with Crippen LogP contribution >= 0.6 is 11.6 Å². The van der Waals surface area contributed by atoms with Gasteiger partial charge in [-0.15, -0.1) is 0 Å². The van der Waals surface area contributed by atoms with Crippen molar-refractivity contribution in [2.45, 2.75) is 32.6 Å². The molecule has 3 rings (SSSR count). The van der Waals surface area contributed by atoms with Crippen LogP contribution in [0, 0.1) is 5.92 Å². The predicted molar refractivity (Wildman–Crippen MR) is 107 cm³/mol. The van der Waals surface area contributed by atoms with Gasteiger partial charge >= 0.3 is 0 Å². The molecule has 0 amide bonds. The summed E-state index contributed by atoms with van der Waals surface area (Å²) in [6, 6.07) is 4.71. The normalized spacial score (nSPS) is 15.8. The number of aliphatic hydroxyl groups is 2. The predicted octanol–water partition coefficient (Wildman–Crippen LogP) is 2.47. The third kappa shape index (κ3) is 4.03. The number of fused-ring (bicyclic) bond motifs is 3. The Kier molecular flexibility index (Phi) is 6.30. The third-order valence-electron chi connectivity index (χ3n) is 4.84. The quantitative estimate of drug-likeness (QED) is 0.500. The number of hydrogen-bond acceptors (Lipinski definition) is 6. The van der Waals surface area contributed by atoms with Crippen LogP contribution in [0.2, 0.25) is 5.02 Å². The fourth-order valence-corrected chi connectivity index (χ4v) is 3.47. The molecule has 0 saturated carbocycles. The van der Waals surface area contributed by atoms with Crippen LogP contribution in [0.5, 0.6) is 11.5 Å². The van der Waals surface area contributed by atoms with Gasteiger partial charge in [0.05, 0.1) is 28.9 Å². The van der Waals surface area contributed by atoms with E-state index in [0.717, 1.165) is 0 Å². The van der Waals surface area contributed by atoms with Gasteiger partial charge < -0.3 is 30.0 Å². The van der Waals surface area contributed by atoms with Gasteiger partial charge in [-0.3, -0.25) is 4.79 Å². The van der Waals surface area contributed by atoms with Gasteiger partial charge in [0.2, 0.25) is 0 Å². The lowest BCUT2D eigenvalue weighted by Crippen LogP contribution is -2.25. The Balaban J connectivity index is 2.15. The highest BCUT2D eigenvalue weighted by Crippen LogP contribution is 2.42. The average molecular weight is 409 g/mol. The number of nitrogens with zero attached hydrogens (tertiary/aromatic N) is 1. The van der Waals surface area contributed by atoms with E-state index in [1.807, 2.05) is 18.4 Å². The standard InChI is InChI=1S/C20H25ClN2O5/c1-11(2)16-10-28-18-8-19(27-5-3-4-22)14(21)6-12(18)15-7-17(24)13(20(25)26)9-23(15)16/h6-9,11,16,20,25-26H,3-5,10,22H2,1-2H3/t16-/m0/s1. The maximum Gasteiger partial charge on any atom is 0.190 e. The van der Waals surface area contributed by atoms with Crippen molar-refractivity contribution in [1.29, 1.82) is 0 Å². The van der Waals surface area contributed by atoms with Crippen molar-refractivity contribution in [3.05, 3.63) is 45.2 Å². The van der Waals surface area contributed by atoms with Crippen molar-refractivity contribution in [1.82, 2.24) is 4.57 Å². The van der Waals surface area contributed by atoms with Crippen LogP contribution in [0.15, 0.2) is 29.2 Å². The van der Waals surface area contributed by atoms with Gasteiger partial charge in [0.15, 0.2) is 11.7 Å². The van der Waals surface area contributed by atoms with Gasteiger partial charge in [-0.05, 0) is 24.9 Å². The molecule has 1 atom stereocenters. The number of pyridine rings is 1. The molecule has 8 heteroatoms. The molecule has 0 spiro atoms. The van der Waals surface area contributed by atoms with E-state index in [0.29, 0.717) is 54.0 Å². The molecule has 1 aromatic heterocycles. The molecule has 1 aromatic carbocycles. The summed E-state index contributed by atoms with van der Waals surface area (Å²) in [6.45, 7) is 5.39. The van der Waals surface area contributed by atoms with E-state index in [-0.39, 0.29) is 17.5 Å². The fraction of sp³-hybridized carbons (Fsp3) is 0.450. The Morgan fingerprint density at radius 2 is 2.11 bits per heavy atom. The van der Waals surface area contributed by atoms with Gasteiger partial charge in [0.25, 0.3) is 0 Å². The van der Waals surface area contributed by atoms with E-state index < -0.39 is 11.7 Å². The van der Waals surface area contributed by atoms with E-state index in [2.05, 4.69) is 0 Å². The second kappa shape index (κ2) is 8.53. The van der Waals surface area contributed by atoms with Crippen LogP contribution in [0.25, 0.3) is 11.3 Å². The number of aliphatic hydroxyl groups excluding tert-OH is 1. The zero-order chi connectivity index (χ0) is 20.4. The summed E-state index contributed by atoms with van der Waals surface area (Å²) < 4.78 is 13.6. The molecule has 1 aliphatic heterocycles. The van der Waals surface area contributed by atoms with E-state index in [1.54, 1.807) is 12.1 Å². The number of halogens is 1. The Bertz CT molecular complexity index is 910. The van der Waals surface area contributed by atoms with Gasteiger partial charge in [0.1, 0.15) is 18.1 Å². The van der Waals surface area contributed by atoms with Crippen LogP contribution in [0.4, 0.5) is 0 Å². The summed E-state index contributed by atoms with van der Waals surface area (Å²) in [5.41, 5.74) is 6.22. The summed E-state index contributed by atoms with van der Waals surface area (Å²) in [4.78, 5) is 12.4. The van der Waals surface area contributed by atoms with E-state index in [1.165, 1.54) is 12.3 Å². The summed E-state index contributed by atoms with van der Waals surface area (Å²) in [6.07, 6.45) is 0.350. The molecular weight excluding hydrogens is 384 g/mol. The number of nitrogens with two attached hydrogens (primary N) is 1. The molecule has 0 saturated heterocycles. The monoisotopic (exact) mass is 408 g/mol. The van der Waals surface area contributed by atoms with Gasteiger partial charge in [-0.1, -0.05) is 25.4 Å². The third-order valence-corrected chi connectivity index (χ3v) is 5.13. The fourth-order valence-electron chi connectivity index (χ4n) is 3.25. The van der Waals surface area contributed by atoms with Crippen molar-refractivity contribution < 1.29 is 19.7 Å². The van der Waals surface area contributed by atoms with E-state index in [9.17, 15) is 15.0 Å². The zero-order valence-corrected chi connectivity index (χ0v) is 16.6. The molecule has 0 unspecified atom stereocenters. The van der Waals surface area contributed by atoms with Gasteiger partial charge in [-0.25, -0.2) is 0 Å². The minimum Gasteiger partial charge on any atom is -0.492 e. The van der Waals surface area contributed by atoms with Crippen molar-refractivity contribution in [2.75, 3.05) is 19.8 Å². The second-order valence-corrected chi connectivity index (χ2v) is 7.56. The largest absolute Gasteiger partial charge is 0.492 e. The van der Waals surface area contributed by atoms with Crippen LogP contribution < -0.4 is 20.6 Å². The minimum atomic E-state index is -1.84. The molecule has 2 aromatic rings. The van der Waals surface area contributed by atoms with Gasteiger partial charge in [0, 0.05) is 23.9 Å². The van der Waals surface area contributed by atoms with Crippen LogP contribution in [0.1, 0.15) is 38.2 Å². The number of ether oxygens (including phenoxy) is 2. The van der Waals surface area contributed by atoms with Crippen molar-refractivity contribution in [3.8, 4) is 22.8 Å². The molecule has 0 fully saturated rings. The summed E-state index contributed by atoms with van der Waals surface area (Å²) in [5, 5.41) is 19.5. The maximum atomic E-state index is 12.4. The van der Waals surface area contributed by atoms with E-state index >= 15 is 0 Å². The van der Waals surface area contributed by atoms with Crippen molar-refractivity contribution in [2.24, 2.45) is 11.7 Å². The Morgan fingerprint density at radius 1 is 1.36 bits per heavy atom. The molecule has 152 valence electrons. The first-order chi connectivity index (χ1) is 13.3. The second-order valence-electron chi connectivity index (χ2n) is 7.15. The molecule has 28 heavy (non-hydrogen) atoms. The summed E-state index contributed by atoms with van der Waals surface area (Å²) in [7, 11) is 0. The minimum absolute atomic E-state index is 0.0781. The molecule has 0 aliphatic carbocycles. The first-order valence-corrected chi connectivity index (χ1v) is 9.63. The van der Waals surface area contributed by atoms with Crippen LogP contribution in [0.3, 0.4) is 0 Å². The molecule has 0 radical (unpaired) electrons. The molecule has 2 heterocycles. The van der Waals surface area contributed by atoms with Crippen LogP contribution in [-0.2, 0) is 0 Å². The SMILES string of the molecule is CC(C)[C@@H]1COc2cc(OCCCN)c(Cl)cc2-c2cc(=O)c(C(O)O)cn21. The smallest absolute Gasteiger partial charge is 0.190 e. The lowest BCUT2D eigenvalue weighted by Gasteiger charge is -2.25. The highest BCUT2D eigenvalue weighted by atomic mass is 35.5. The number of rotatable bonds is 6. The summed E-state index contributed by atoms with van der Waals surface area (Å²) >= 11 is 6.40. The zero-order valence-electron chi connectivity index (χ0n) is 15.9. The molecule has 0 bridgehead atoms.